The van der Waals surface area contributed by atoms with E-state index in [9.17, 15) is 4.39 Å². The van der Waals surface area contributed by atoms with Crippen molar-refractivity contribution < 1.29 is 13.1 Å². The van der Waals surface area contributed by atoms with Crippen molar-refractivity contribution in [1.82, 2.24) is 0 Å². The van der Waals surface area contributed by atoms with Crippen LogP contribution in [0.3, 0.4) is 0 Å². The van der Waals surface area contributed by atoms with Gasteiger partial charge in [-0.2, -0.15) is 0 Å². The molecule has 0 N–H and O–H groups in total. The Bertz CT molecular complexity index is 725. The molecule has 0 spiro atoms. The summed E-state index contributed by atoms with van der Waals surface area (Å²) in [6.07, 6.45) is 1.96. The molecule has 0 atom stereocenters. The summed E-state index contributed by atoms with van der Waals surface area (Å²) in [4.78, 5) is 0. The van der Waals surface area contributed by atoms with Crippen LogP contribution in [0, 0.1) is 19.6 Å². The standard InChI is InChI=1S/C17H23FGeN/c1-12-9-13(2)17(15(18)10-12)16-11-14(19(3,4)5)7-8-20(16)6/h7-11H,1-6H3/q+1/i1D3. The second kappa shape index (κ2) is 5.32. The third-order valence-corrected chi connectivity index (χ3v) is 7.85. The van der Waals surface area contributed by atoms with Gasteiger partial charge in [-0.3, -0.25) is 0 Å². The Morgan fingerprint density at radius 2 is 1.90 bits per heavy atom. The maximum absolute atomic E-state index is 14.7. The van der Waals surface area contributed by atoms with Crippen LogP contribution >= 0.6 is 0 Å². The number of hydrogen-bond donors (Lipinski definition) is 0. The number of nitrogens with zero attached hydrogens (tertiary/aromatic N) is 1. The maximum atomic E-state index is 14.7. The van der Waals surface area contributed by atoms with E-state index in [-0.39, 0.29) is 5.56 Å². The predicted octanol–water partition coefficient (Wildman–Crippen LogP) is 3.48. The van der Waals surface area contributed by atoms with E-state index in [4.69, 9.17) is 4.11 Å². The number of rotatable bonds is 2. The average Bonchev–Trinajstić information content (AvgIpc) is 2.37. The molecule has 0 aliphatic heterocycles. The summed E-state index contributed by atoms with van der Waals surface area (Å²) in [6.45, 7) is -0.534. The van der Waals surface area contributed by atoms with Gasteiger partial charge in [-0.25, -0.2) is 0 Å². The summed E-state index contributed by atoms with van der Waals surface area (Å²) in [7, 11) is 1.88. The number of halogens is 1. The van der Waals surface area contributed by atoms with Gasteiger partial charge in [-0.05, 0) is 0 Å². The van der Waals surface area contributed by atoms with Gasteiger partial charge in [0.15, 0.2) is 0 Å². The molecule has 106 valence electrons. The van der Waals surface area contributed by atoms with E-state index >= 15 is 0 Å². The molecular weight excluding hydrogens is 310 g/mol. The van der Waals surface area contributed by atoms with E-state index in [0.717, 1.165) is 11.8 Å². The van der Waals surface area contributed by atoms with E-state index in [1.807, 2.05) is 17.8 Å². The van der Waals surface area contributed by atoms with Crippen LogP contribution in [0.2, 0.25) is 17.3 Å². The first-order valence-corrected chi connectivity index (χ1v) is 14.1. The van der Waals surface area contributed by atoms with Gasteiger partial charge in [0.2, 0.25) is 0 Å². The van der Waals surface area contributed by atoms with Crippen molar-refractivity contribution in [1.29, 1.82) is 0 Å². The minimum atomic E-state index is -2.30. The van der Waals surface area contributed by atoms with Gasteiger partial charge in [-0.1, -0.05) is 0 Å². The van der Waals surface area contributed by atoms with Gasteiger partial charge >= 0.3 is 127 Å². The molecule has 0 aliphatic rings. The summed E-state index contributed by atoms with van der Waals surface area (Å²) in [5.74, 6) is 6.39. The van der Waals surface area contributed by atoms with Gasteiger partial charge in [0.1, 0.15) is 0 Å². The van der Waals surface area contributed by atoms with E-state index in [1.54, 1.807) is 13.0 Å². The topological polar surface area (TPSA) is 3.88 Å². The Hall–Kier alpha value is -1.16. The average molecular weight is 336 g/mol. The van der Waals surface area contributed by atoms with Gasteiger partial charge in [0.25, 0.3) is 0 Å². The first-order chi connectivity index (χ1) is 10.4. The molecule has 20 heavy (non-hydrogen) atoms. The number of hydrogen-bond acceptors (Lipinski definition) is 0. The molecule has 0 aliphatic carbocycles. The van der Waals surface area contributed by atoms with Crippen molar-refractivity contribution in [3.63, 3.8) is 0 Å². The van der Waals surface area contributed by atoms with E-state index in [0.29, 0.717) is 11.1 Å². The molecule has 1 heterocycles. The minimum absolute atomic E-state index is 0.0449. The van der Waals surface area contributed by atoms with Crippen LogP contribution in [-0.2, 0) is 7.05 Å². The molecular formula is C17H23FGeN+. The van der Waals surface area contributed by atoms with Crippen molar-refractivity contribution in [2.75, 3.05) is 0 Å². The summed E-state index contributed by atoms with van der Waals surface area (Å²) in [6, 6.07) is 6.87. The molecule has 3 heteroatoms. The number of aryl methyl sites for hydroxylation is 3. The first kappa shape index (κ1) is 11.5. The van der Waals surface area contributed by atoms with E-state index in [1.165, 1.54) is 4.40 Å². The molecule has 1 aromatic carbocycles. The fourth-order valence-electron chi connectivity index (χ4n) is 2.35. The normalized spacial score (nSPS) is 14.6. The van der Waals surface area contributed by atoms with Gasteiger partial charge in [0.05, 0.1) is 0 Å². The van der Waals surface area contributed by atoms with Crippen LogP contribution in [0.4, 0.5) is 4.39 Å². The Morgan fingerprint density at radius 3 is 2.45 bits per heavy atom. The quantitative estimate of drug-likeness (QED) is 0.584. The zero-order valence-electron chi connectivity index (χ0n) is 15.7. The zero-order chi connectivity index (χ0) is 17.6. The summed E-state index contributed by atoms with van der Waals surface area (Å²) < 4.78 is 40.3. The summed E-state index contributed by atoms with van der Waals surface area (Å²) >= 11 is -2.04. The van der Waals surface area contributed by atoms with Crippen LogP contribution in [0.5, 0.6) is 0 Å². The monoisotopic (exact) mass is 337 g/mol. The third-order valence-electron chi connectivity index (χ3n) is 3.56. The van der Waals surface area contributed by atoms with Crippen LogP contribution in [-0.4, -0.2) is 13.3 Å². The molecule has 0 radical (unpaired) electrons. The van der Waals surface area contributed by atoms with E-state index < -0.39 is 25.9 Å². The van der Waals surface area contributed by atoms with Crippen LogP contribution in [0.25, 0.3) is 11.3 Å². The zero-order valence-corrected chi connectivity index (χ0v) is 14.8. The molecule has 0 fully saturated rings. The van der Waals surface area contributed by atoms with Crippen molar-refractivity contribution in [2.45, 2.75) is 31.0 Å². The molecule has 1 nitrogen and oxygen atoms in total. The number of aromatic nitrogens is 1. The Kier molecular flexibility index (Phi) is 3.06. The number of pyridine rings is 1. The SMILES string of the molecule is [2H]C([2H])([2H])c1cc(C)c(-c2c[c]([Ge]([CH3])([CH3])[CH3])cc[n+]2C)c(F)c1. The van der Waals surface area contributed by atoms with Crippen molar-refractivity contribution >= 4 is 17.7 Å². The fourth-order valence-corrected chi connectivity index (χ4v) is 4.75. The second-order valence-corrected chi connectivity index (χ2v) is 17.0. The van der Waals surface area contributed by atoms with Crippen molar-refractivity contribution in [2.24, 2.45) is 7.05 Å². The molecule has 0 unspecified atom stereocenters. The summed E-state index contributed by atoms with van der Waals surface area (Å²) in [5.41, 5.74) is 1.96. The molecule has 0 bridgehead atoms. The van der Waals surface area contributed by atoms with Crippen molar-refractivity contribution in [3.8, 4) is 11.3 Å². The molecule has 0 saturated carbocycles. The van der Waals surface area contributed by atoms with E-state index in [2.05, 4.69) is 29.4 Å². The second-order valence-electron chi connectivity index (χ2n) is 6.31. The first-order valence-electron chi connectivity index (χ1n) is 8.22. The van der Waals surface area contributed by atoms with Gasteiger partial charge < -0.3 is 0 Å². The predicted molar refractivity (Wildman–Crippen MR) is 85.5 cm³/mol. The summed E-state index contributed by atoms with van der Waals surface area (Å²) in [5, 5.41) is 0. The Balaban J connectivity index is 2.68. The molecule has 0 saturated heterocycles. The Morgan fingerprint density at radius 1 is 1.20 bits per heavy atom. The fraction of sp³-hybridized carbons (Fsp3) is 0.353. The molecule has 2 rings (SSSR count). The van der Waals surface area contributed by atoms with Crippen molar-refractivity contribution in [3.05, 3.63) is 47.4 Å². The van der Waals surface area contributed by atoms with Gasteiger partial charge in [-0.15, -0.1) is 0 Å². The molecule has 1 aromatic heterocycles. The number of benzene rings is 1. The van der Waals surface area contributed by atoms with Crippen LogP contribution in [0.1, 0.15) is 15.2 Å². The molecule has 2 aromatic rings. The van der Waals surface area contributed by atoms with Crippen LogP contribution in [0.15, 0.2) is 30.5 Å². The van der Waals surface area contributed by atoms with Crippen LogP contribution < -0.4 is 8.96 Å². The van der Waals surface area contributed by atoms with Gasteiger partial charge in [0, 0.05) is 0 Å². The third kappa shape index (κ3) is 2.95. The molecule has 0 amide bonds. The Labute approximate surface area is 128 Å².